The maximum atomic E-state index is 13.5. The number of aromatic amines is 1. The van der Waals surface area contributed by atoms with E-state index >= 15 is 0 Å². The molecule has 0 unspecified atom stereocenters. The lowest BCUT2D eigenvalue weighted by molar-refractivity contribution is -0.110. The first-order chi connectivity index (χ1) is 12.4. The van der Waals surface area contributed by atoms with Crippen molar-refractivity contribution in [2.75, 3.05) is 13.1 Å². The van der Waals surface area contributed by atoms with Crippen molar-refractivity contribution in [3.05, 3.63) is 57.9 Å². The lowest BCUT2D eigenvalue weighted by atomic mass is 10.0. The number of nitrogens with one attached hydrogen (secondary N) is 3. The number of hydrogen-bond acceptors (Lipinski definition) is 3. The van der Waals surface area contributed by atoms with Crippen molar-refractivity contribution in [2.24, 2.45) is 0 Å². The van der Waals surface area contributed by atoms with E-state index in [1.807, 2.05) is 0 Å². The molecule has 0 aliphatic carbocycles. The molecule has 3 N–H and O–H groups in total. The van der Waals surface area contributed by atoms with Crippen LogP contribution >= 0.6 is 11.6 Å². The number of halogens is 3. The molecule has 5 nitrogen and oxygen atoms in total. The van der Waals surface area contributed by atoms with Gasteiger partial charge < -0.3 is 15.6 Å². The first-order valence-electron chi connectivity index (χ1n) is 8.17. The van der Waals surface area contributed by atoms with Crippen LogP contribution in [0.15, 0.2) is 24.4 Å². The number of amides is 1. The molecule has 26 heavy (non-hydrogen) atoms. The molecular weight excluding hydrogens is 364 g/mol. The Morgan fingerprint density at radius 2 is 1.92 bits per heavy atom. The zero-order valence-electron chi connectivity index (χ0n) is 14.2. The van der Waals surface area contributed by atoms with Gasteiger partial charge in [-0.25, -0.2) is 8.78 Å². The van der Waals surface area contributed by atoms with E-state index in [2.05, 4.69) is 15.6 Å². The van der Waals surface area contributed by atoms with E-state index in [1.54, 1.807) is 13.0 Å². The fourth-order valence-electron chi connectivity index (χ4n) is 2.60. The zero-order valence-corrected chi connectivity index (χ0v) is 15.0. The van der Waals surface area contributed by atoms with Crippen molar-refractivity contribution in [1.29, 1.82) is 0 Å². The van der Waals surface area contributed by atoms with Crippen molar-refractivity contribution in [3.8, 4) is 0 Å². The van der Waals surface area contributed by atoms with Crippen molar-refractivity contribution in [3.63, 3.8) is 0 Å². The van der Waals surface area contributed by atoms with Crippen LogP contribution in [0.3, 0.4) is 0 Å². The van der Waals surface area contributed by atoms with Gasteiger partial charge in [-0.3, -0.25) is 9.59 Å². The highest BCUT2D eigenvalue weighted by molar-refractivity contribution is 6.35. The lowest BCUT2D eigenvalue weighted by Crippen LogP contribution is -2.39. The Morgan fingerprint density at radius 3 is 2.50 bits per heavy atom. The Labute approximate surface area is 155 Å². The second kappa shape index (κ2) is 9.45. The summed E-state index contributed by atoms with van der Waals surface area (Å²) in [6, 6.07) is 3.73. The van der Waals surface area contributed by atoms with E-state index in [4.69, 9.17) is 11.6 Å². The fraction of sp³-hybridized carbons (Fsp3) is 0.333. The molecule has 0 saturated carbocycles. The van der Waals surface area contributed by atoms with Crippen LogP contribution in [0.2, 0.25) is 5.02 Å². The van der Waals surface area contributed by atoms with Crippen LogP contribution in [-0.2, 0) is 4.79 Å². The number of rotatable bonds is 4. The highest BCUT2D eigenvalue weighted by Gasteiger charge is 2.21. The number of carbonyl (C=O) groups is 2. The van der Waals surface area contributed by atoms with Gasteiger partial charge in [0.05, 0.1) is 10.6 Å². The first-order valence-corrected chi connectivity index (χ1v) is 8.55. The van der Waals surface area contributed by atoms with Crippen LogP contribution in [0.4, 0.5) is 8.78 Å². The number of hydrogen-bond donors (Lipinski definition) is 3. The van der Waals surface area contributed by atoms with Crippen LogP contribution in [0.25, 0.3) is 0 Å². The van der Waals surface area contributed by atoms with Crippen molar-refractivity contribution in [2.45, 2.75) is 25.8 Å². The molecule has 2 aromatic rings. The molecule has 1 aromatic heterocycles. The van der Waals surface area contributed by atoms with Gasteiger partial charge in [-0.1, -0.05) is 11.6 Å². The lowest BCUT2D eigenvalue weighted by Gasteiger charge is -2.21. The number of piperidine rings is 1. The second-order valence-corrected chi connectivity index (χ2v) is 6.31. The maximum Gasteiger partial charge on any atom is 0.207 e. The van der Waals surface area contributed by atoms with Crippen LogP contribution in [0.5, 0.6) is 0 Å². The number of H-pyrrole nitrogens is 1. The topological polar surface area (TPSA) is 74.0 Å². The highest BCUT2D eigenvalue weighted by Crippen LogP contribution is 2.25. The van der Waals surface area contributed by atoms with Gasteiger partial charge in [-0.2, -0.15) is 0 Å². The minimum Gasteiger partial charge on any atom is -0.364 e. The Morgan fingerprint density at radius 1 is 1.27 bits per heavy atom. The monoisotopic (exact) mass is 383 g/mol. The molecular formula is C18H20ClF2N3O2. The summed E-state index contributed by atoms with van der Waals surface area (Å²) in [6.07, 6.45) is 4.35. The molecule has 0 bridgehead atoms. The third-order valence-electron chi connectivity index (χ3n) is 4.00. The summed E-state index contributed by atoms with van der Waals surface area (Å²) in [6.45, 7) is 3.82. The average Bonchev–Trinajstić information content (AvgIpc) is 3.07. The molecule has 1 aliphatic rings. The van der Waals surface area contributed by atoms with Gasteiger partial charge in [0, 0.05) is 23.5 Å². The quantitative estimate of drug-likeness (QED) is 0.431. The molecule has 1 fully saturated rings. The summed E-state index contributed by atoms with van der Waals surface area (Å²) in [4.78, 5) is 24.7. The summed E-state index contributed by atoms with van der Waals surface area (Å²) in [5, 5.41) is 5.49. The second-order valence-electron chi connectivity index (χ2n) is 5.93. The minimum atomic E-state index is -0.833. The van der Waals surface area contributed by atoms with Gasteiger partial charge in [0.1, 0.15) is 11.6 Å². The summed E-state index contributed by atoms with van der Waals surface area (Å²) in [7, 11) is 0. The Balaban J connectivity index is 0.000000228. The number of ketones is 1. The van der Waals surface area contributed by atoms with Gasteiger partial charge in [0.15, 0.2) is 5.78 Å². The van der Waals surface area contributed by atoms with Gasteiger partial charge in [-0.05, 0) is 51.1 Å². The smallest absolute Gasteiger partial charge is 0.207 e. The van der Waals surface area contributed by atoms with Crippen LogP contribution < -0.4 is 10.6 Å². The number of benzene rings is 1. The standard InChI is InChI=1S/C12H8ClF2NO.C6H12N2O/c1-6-4-7(5-16-6)12(17)10-8(14)2-3-9(15)11(10)13;9-5-8-6-1-3-7-4-2-6/h2-5,16H,1H3;5-7H,1-4H2,(H,8,9). The molecule has 0 radical (unpaired) electrons. The summed E-state index contributed by atoms with van der Waals surface area (Å²) in [5.74, 6) is -2.29. The van der Waals surface area contributed by atoms with Crippen LogP contribution in [-0.4, -0.2) is 36.3 Å². The van der Waals surface area contributed by atoms with Crippen molar-refractivity contribution in [1.82, 2.24) is 15.6 Å². The SMILES string of the molecule is Cc1cc(C(=O)c2c(F)ccc(F)c2Cl)c[nH]1.O=CNC1CCNCC1. The maximum absolute atomic E-state index is 13.5. The van der Waals surface area contributed by atoms with E-state index in [0.717, 1.165) is 50.2 Å². The van der Waals surface area contributed by atoms with Crippen LogP contribution in [0, 0.1) is 18.6 Å². The predicted octanol–water partition coefficient (Wildman–Crippen LogP) is 2.97. The summed E-state index contributed by atoms with van der Waals surface area (Å²) in [5.41, 5.74) is 0.556. The number of carbonyl (C=O) groups excluding carboxylic acids is 2. The Hall–Kier alpha value is -2.25. The first kappa shape index (κ1) is 20.1. The Bertz CT molecular complexity index is 774. The van der Waals surface area contributed by atoms with Gasteiger partial charge >= 0.3 is 0 Å². The third-order valence-corrected chi connectivity index (χ3v) is 4.37. The van der Waals surface area contributed by atoms with E-state index in [-0.39, 0.29) is 5.56 Å². The summed E-state index contributed by atoms with van der Waals surface area (Å²) < 4.78 is 26.7. The molecule has 0 spiro atoms. The fourth-order valence-corrected chi connectivity index (χ4v) is 2.84. The van der Waals surface area contributed by atoms with Crippen LogP contribution in [0.1, 0.15) is 34.5 Å². The largest absolute Gasteiger partial charge is 0.364 e. The highest BCUT2D eigenvalue weighted by atomic mass is 35.5. The predicted molar refractivity (Wildman–Crippen MR) is 95.4 cm³/mol. The van der Waals surface area contributed by atoms with Gasteiger partial charge in [0.25, 0.3) is 0 Å². The van der Waals surface area contributed by atoms with Crippen molar-refractivity contribution >= 4 is 23.8 Å². The molecule has 1 aliphatic heterocycles. The normalized spacial score (nSPS) is 14.3. The van der Waals surface area contributed by atoms with Crippen molar-refractivity contribution < 1.29 is 18.4 Å². The van der Waals surface area contributed by atoms with Gasteiger partial charge in [-0.15, -0.1) is 0 Å². The minimum absolute atomic E-state index is 0.244. The molecule has 1 amide bonds. The molecule has 1 aromatic carbocycles. The van der Waals surface area contributed by atoms with E-state index < -0.39 is 28.0 Å². The molecule has 3 rings (SSSR count). The number of aryl methyl sites for hydroxylation is 1. The molecule has 2 heterocycles. The Kier molecular flexibility index (Phi) is 7.29. The van der Waals surface area contributed by atoms with E-state index in [9.17, 15) is 18.4 Å². The third kappa shape index (κ3) is 5.12. The molecule has 140 valence electrons. The van der Waals surface area contributed by atoms with Gasteiger partial charge in [0.2, 0.25) is 6.41 Å². The van der Waals surface area contributed by atoms with E-state index in [0.29, 0.717) is 6.04 Å². The number of aromatic nitrogens is 1. The molecule has 8 heteroatoms. The molecule has 0 atom stereocenters. The summed E-state index contributed by atoms with van der Waals surface area (Å²) >= 11 is 5.60. The zero-order chi connectivity index (χ0) is 19.1. The average molecular weight is 384 g/mol. The molecule has 1 saturated heterocycles. The van der Waals surface area contributed by atoms with E-state index in [1.165, 1.54) is 6.20 Å².